The number of urea groups is 1. The van der Waals surface area contributed by atoms with E-state index < -0.39 is 5.60 Å². The van der Waals surface area contributed by atoms with Gasteiger partial charge in [-0.2, -0.15) is 0 Å². The van der Waals surface area contributed by atoms with Crippen LogP contribution in [0.25, 0.3) is 0 Å². The van der Waals surface area contributed by atoms with Gasteiger partial charge in [0, 0.05) is 56.3 Å². The van der Waals surface area contributed by atoms with Crippen molar-refractivity contribution in [2.75, 3.05) is 31.1 Å². The lowest BCUT2D eigenvalue weighted by Gasteiger charge is -2.38. The third kappa shape index (κ3) is 3.22. The predicted octanol–water partition coefficient (Wildman–Crippen LogP) is 3.14. The molecule has 0 bridgehead atoms. The van der Waals surface area contributed by atoms with Crippen molar-refractivity contribution in [3.8, 4) is 0 Å². The van der Waals surface area contributed by atoms with Gasteiger partial charge in [0.1, 0.15) is 5.60 Å². The molecule has 0 aromatic heterocycles. The van der Waals surface area contributed by atoms with Gasteiger partial charge in [-0.05, 0) is 24.6 Å². The monoisotopic (exact) mass is 391 g/mol. The minimum Gasteiger partial charge on any atom is -0.450 e. The Morgan fingerprint density at radius 3 is 2.52 bits per heavy atom. The summed E-state index contributed by atoms with van der Waals surface area (Å²) in [5, 5.41) is 3.19. The number of piperidine rings is 1. The summed E-state index contributed by atoms with van der Waals surface area (Å²) in [7, 11) is 0. The minimum absolute atomic E-state index is 0.0163. The minimum atomic E-state index is -0.568. The normalized spacial score (nSPS) is 22.5. The summed E-state index contributed by atoms with van der Waals surface area (Å²) in [4.78, 5) is 29.2. The number of ether oxygens (including phenoxy) is 1. The van der Waals surface area contributed by atoms with E-state index in [1.807, 2.05) is 47.4 Å². The number of hydrogen-bond acceptors (Lipinski definition) is 4. The Kier molecular flexibility index (Phi) is 4.42. The van der Waals surface area contributed by atoms with Gasteiger partial charge in [-0.25, -0.2) is 9.59 Å². The molecular formula is C23H25N3O3. The smallest absolute Gasteiger partial charge is 0.339 e. The van der Waals surface area contributed by atoms with E-state index in [0.717, 1.165) is 25.1 Å². The summed E-state index contributed by atoms with van der Waals surface area (Å²) in [6, 6.07) is 18.1. The summed E-state index contributed by atoms with van der Waals surface area (Å²) in [5.74, 6) is -0.245. The number of fused-ring (bicyclic) bond motifs is 2. The Bertz CT molecular complexity index is 922. The van der Waals surface area contributed by atoms with E-state index in [4.69, 9.17) is 4.74 Å². The van der Waals surface area contributed by atoms with Crippen LogP contribution in [0, 0.1) is 0 Å². The molecule has 6 heteroatoms. The number of nitrogens with one attached hydrogen (secondary N) is 1. The molecule has 1 spiro atoms. The number of para-hydroxylation sites is 1. The summed E-state index contributed by atoms with van der Waals surface area (Å²) < 4.78 is 5.78. The standard InChI is InChI=1S/C23H25N3O3/c27-21-19-8-4-5-9-20(19)23(29-21)11-14-25(15-12-23)22(28)24-17-10-13-26(16-17)18-6-2-1-3-7-18/h1-9,17H,10-16H2,(H,24,28). The summed E-state index contributed by atoms with van der Waals surface area (Å²) in [5.41, 5.74) is 2.27. The van der Waals surface area contributed by atoms with Crippen molar-refractivity contribution in [2.45, 2.75) is 30.9 Å². The quantitative estimate of drug-likeness (QED) is 0.799. The molecule has 0 aliphatic carbocycles. The van der Waals surface area contributed by atoms with Crippen molar-refractivity contribution in [1.29, 1.82) is 0 Å². The van der Waals surface area contributed by atoms with Gasteiger partial charge in [0.15, 0.2) is 0 Å². The lowest BCUT2D eigenvalue weighted by atomic mass is 9.84. The molecule has 29 heavy (non-hydrogen) atoms. The predicted molar refractivity (Wildman–Crippen MR) is 110 cm³/mol. The zero-order chi connectivity index (χ0) is 19.8. The fraction of sp³-hybridized carbons (Fsp3) is 0.391. The second-order valence-corrected chi connectivity index (χ2v) is 8.13. The van der Waals surface area contributed by atoms with Crippen LogP contribution in [0.4, 0.5) is 10.5 Å². The number of anilines is 1. The van der Waals surface area contributed by atoms with Crippen LogP contribution in [0.5, 0.6) is 0 Å². The molecule has 3 aliphatic rings. The van der Waals surface area contributed by atoms with Crippen molar-refractivity contribution in [2.24, 2.45) is 0 Å². The first-order valence-corrected chi connectivity index (χ1v) is 10.3. The molecule has 2 fully saturated rings. The van der Waals surface area contributed by atoms with E-state index in [9.17, 15) is 9.59 Å². The highest BCUT2D eigenvalue weighted by molar-refractivity contribution is 5.94. The zero-order valence-corrected chi connectivity index (χ0v) is 16.3. The maximum absolute atomic E-state index is 12.8. The van der Waals surface area contributed by atoms with Gasteiger partial charge in [0.25, 0.3) is 0 Å². The molecule has 5 rings (SSSR count). The first-order valence-electron chi connectivity index (χ1n) is 10.3. The average molecular weight is 391 g/mol. The lowest BCUT2D eigenvalue weighted by Crippen LogP contribution is -2.51. The first kappa shape index (κ1) is 18.0. The maximum Gasteiger partial charge on any atom is 0.339 e. The third-order valence-electron chi connectivity index (χ3n) is 6.42. The topological polar surface area (TPSA) is 61.9 Å². The molecule has 2 saturated heterocycles. The zero-order valence-electron chi connectivity index (χ0n) is 16.3. The molecule has 6 nitrogen and oxygen atoms in total. The number of amides is 2. The lowest BCUT2D eigenvalue weighted by molar-refractivity contribution is -0.0370. The Hall–Kier alpha value is -3.02. The summed E-state index contributed by atoms with van der Waals surface area (Å²) in [6.45, 7) is 2.95. The van der Waals surface area contributed by atoms with Gasteiger partial charge in [0.05, 0.1) is 5.56 Å². The number of benzene rings is 2. The van der Waals surface area contributed by atoms with Crippen molar-refractivity contribution in [1.82, 2.24) is 10.2 Å². The second-order valence-electron chi connectivity index (χ2n) is 8.13. The van der Waals surface area contributed by atoms with Crippen LogP contribution < -0.4 is 10.2 Å². The van der Waals surface area contributed by atoms with Crippen LogP contribution in [0.1, 0.15) is 35.2 Å². The third-order valence-corrected chi connectivity index (χ3v) is 6.42. The molecule has 3 heterocycles. The van der Waals surface area contributed by atoms with E-state index in [1.54, 1.807) is 0 Å². The highest BCUT2D eigenvalue weighted by atomic mass is 16.6. The maximum atomic E-state index is 12.8. The molecule has 2 aromatic rings. The first-order chi connectivity index (χ1) is 14.1. The van der Waals surface area contributed by atoms with Crippen LogP contribution in [0.15, 0.2) is 54.6 Å². The van der Waals surface area contributed by atoms with E-state index in [0.29, 0.717) is 31.5 Å². The number of hydrogen-bond donors (Lipinski definition) is 1. The van der Waals surface area contributed by atoms with Crippen molar-refractivity contribution >= 4 is 17.7 Å². The molecule has 0 saturated carbocycles. The highest BCUT2D eigenvalue weighted by Crippen LogP contribution is 2.43. The molecule has 1 atom stereocenters. The Labute approximate surface area is 170 Å². The van der Waals surface area contributed by atoms with Crippen molar-refractivity contribution in [3.63, 3.8) is 0 Å². The molecular weight excluding hydrogens is 366 g/mol. The Balaban J connectivity index is 1.18. The van der Waals surface area contributed by atoms with Crippen LogP contribution in [-0.2, 0) is 10.3 Å². The van der Waals surface area contributed by atoms with Gasteiger partial charge in [-0.15, -0.1) is 0 Å². The summed E-state index contributed by atoms with van der Waals surface area (Å²) in [6.07, 6.45) is 2.23. The number of esters is 1. The Morgan fingerprint density at radius 2 is 1.72 bits per heavy atom. The number of rotatable bonds is 2. The largest absolute Gasteiger partial charge is 0.450 e. The fourth-order valence-corrected chi connectivity index (χ4v) is 4.81. The average Bonchev–Trinajstić information content (AvgIpc) is 3.33. The molecule has 2 aromatic carbocycles. The van der Waals surface area contributed by atoms with Crippen LogP contribution in [-0.4, -0.2) is 49.1 Å². The second kappa shape index (κ2) is 7.10. The fourth-order valence-electron chi connectivity index (χ4n) is 4.81. The number of carbonyl (C=O) groups excluding carboxylic acids is 2. The SMILES string of the molecule is O=C1OC2(CCN(C(=O)NC3CCN(c4ccccc4)C3)CC2)c2ccccc21. The van der Waals surface area contributed by atoms with Crippen LogP contribution in [0.2, 0.25) is 0 Å². The number of carbonyl (C=O) groups is 2. The molecule has 1 N–H and O–H groups in total. The van der Waals surface area contributed by atoms with Gasteiger partial charge in [-0.3, -0.25) is 0 Å². The molecule has 3 aliphatic heterocycles. The molecule has 150 valence electrons. The van der Waals surface area contributed by atoms with Gasteiger partial charge >= 0.3 is 12.0 Å². The molecule has 2 amide bonds. The van der Waals surface area contributed by atoms with Crippen molar-refractivity contribution in [3.05, 3.63) is 65.7 Å². The van der Waals surface area contributed by atoms with Gasteiger partial charge in [-0.1, -0.05) is 36.4 Å². The summed E-state index contributed by atoms with van der Waals surface area (Å²) >= 11 is 0. The molecule has 1 unspecified atom stereocenters. The van der Waals surface area contributed by atoms with Crippen molar-refractivity contribution < 1.29 is 14.3 Å². The van der Waals surface area contributed by atoms with E-state index in [-0.39, 0.29) is 18.0 Å². The number of nitrogens with zero attached hydrogens (tertiary/aromatic N) is 2. The van der Waals surface area contributed by atoms with Gasteiger partial charge in [0.2, 0.25) is 0 Å². The van der Waals surface area contributed by atoms with Crippen LogP contribution in [0.3, 0.4) is 0 Å². The molecule has 0 radical (unpaired) electrons. The van der Waals surface area contributed by atoms with E-state index in [1.165, 1.54) is 5.69 Å². The van der Waals surface area contributed by atoms with Gasteiger partial charge < -0.3 is 19.9 Å². The van der Waals surface area contributed by atoms with E-state index >= 15 is 0 Å². The Morgan fingerprint density at radius 1 is 1.00 bits per heavy atom. The van der Waals surface area contributed by atoms with Crippen LogP contribution >= 0.6 is 0 Å². The van der Waals surface area contributed by atoms with E-state index in [2.05, 4.69) is 22.3 Å². The number of likely N-dealkylation sites (tertiary alicyclic amines) is 1. The highest BCUT2D eigenvalue weighted by Gasteiger charge is 2.47.